The Morgan fingerprint density at radius 2 is 2.31 bits per heavy atom. The van der Waals surface area contributed by atoms with Crippen LogP contribution in [0.1, 0.15) is 6.42 Å². The number of amides is 1. The molecule has 1 amide bonds. The van der Waals surface area contributed by atoms with Gasteiger partial charge in [-0.05, 0) is 0 Å². The summed E-state index contributed by atoms with van der Waals surface area (Å²) in [4.78, 5) is 21.5. The highest BCUT2D eigenvalue weighted by Gasteiger charge is 2.21. The molecule has 0 saturated heterocycles. The predicted molar refractivity (Wildman–Crippen MR) is 44.6 cm³/mol. The lowest BCUT2D eigenvalue weighted by molar-refractivity contribution is -0.142. The Morgan fingerprint density at radius 1 is 1.69 bits per heavy atom. The molecule has 0 radical (unpaired) electrons. The average Bonchev–Trinajstić information content (AvgIpc) is 2.15. The van der Waals surface area contributed by atoms with E-state index in [1.807, 2.05) is 0 Å². The van der Waals surface area contributed by atoms with Crippen LogP contribution in [-0.4, -0.2) is 25.2 Å². The second-order valence-electron chi connectivity index (χ2n) is 1.95. The van der Waals surface area contributed by atoms with E-state index in [-0.39, 0.29) is 6.42 Å². The van der Waals surface area contributed by atoms with Crippen molar-refractivity contribution in [2.75, 3.05) is 7.11 Å². The predicted octanol–water partition coefficient (Wildman–Crippen LogP) is 0.478. The zero-order valence-corrected chi connectivity index (χ0v) is 8.33. The summed E-state index contributed by atoms with van der Waals surface area (Å²) in [6.07, 6.45) is -1.03. The first kappa shape index (κ1) is 11.7. The first-order valence-electron chi connectivity index (χ1n) is 3.19. The minimum atomic E-state index is -1.000. The van der Waals surface area contributed by atoms with Crippen LogP contribution in [0.25, 0.3) is 0 Å². The Balaban J connectivity index is 4.18. The normalized spacial score (nSPS) is 10.8. The molecule has 0 spiro atoms. The molecule has 0 bridgehead atoms. The van der Waals surface area contributed by atoms with E-state index in [0.717, 1.165) is 7.11 Å². The summed E-state index contributed by atoms with van der Waals surface area (Å²) in [7, 11) is 1.16. The van der Waals surface area contributed by atoms with Gasteiger partial charge < -0.3 is 13.9 Å². The van der Waals surface area contributed by atoms with E-state index in [0.29, 0.717) is 0 Å². The number of nitrogens with one attached hydrogen (secondary N) is 1. The van der Waals surface area contributed by atoms with Crippen molar-refractivity contribution < 1.29 is 18.2 Å². The van der Waals surface area contributed by atoms with Gasteiger partial charge in [-0.2, -0.15) is 5.26 Å². The van der Waals surface area contributed by atoms with Gasteiger partial charge in [0.15, 0.2) is 16.3 Å². The Labute approximate surface area is 83.2 Å². The molecule has 0 aliphatic heterocycles. The Morgan fingerprint density at radius 3 is 2.69 bits per heavy atom. The zero-order valence-electron chi connectivity index (χ0n) is 6.74. The Kier molecular flexibility index (Phi) is 5.63. The maximum absolute atomic E-state index is 10.9. The summed E-state index contributed by atoms with van der Waals surface area (Å²) in [6.45, 7) is 0. The van der Waals surface area contributed by atoms with E-state index in [9.17, 15) is 9.59 Å². The molecule has 0 aromatic heterocycles. The molecule has 0 heterocycles. The van der Waals surface area contributed by atoms with Crippen molar-refractivity contribution in [1.82, 2.24) is 5.32 Å². The molecule has 0 aromatic rings. The van der Waals surface area contributed by atoms with Gasteiger partial charge in [-0.15, -0.1) is 0 Å². The number of ether oxygens (including phenoxy) is 1. The highest BCUT2D eigenvalue weighted by molar-refractivity contribution is 9.06. The van der Waals surface area contributed by atoms with Crippen LogP contribution in [0, 0.1) is 11.3 Å². The number of rotatable bonds is 3. The standard InChI is InChI=1S/C6H7BrN2O4/c1-12-5(10)4(2-3-8)9-6(11)13-7/h4H,2H2,1H3,(H,9,11)/t4-/m1/s1. The van der Waals surface area contributed by atoms with Crippen molar-refractivity contribution in [1.29, 1.82) is 5.26 Å². The topological polar surface area (TPSA) is 88.4 Å². The van der Waals surface area contributed by atoms with Crippen molar-refractivity contribution >= 4 is 28.3 Å². The minimum absolute atomic E-state index is 0.172. The molecule has 0 unspecified atom stereocenters. The van der Waals surface area contributed by atoms with E-state index in [1.165, 1.54) is 0 Å². The van der Waals surface area contributed by atoms with Crippen LogP contribution < -0.4 is 5.32 Å². The van der Waals surface area contributed by atoms with Gasteiger partial charge in [-0.1, -0.05) is 0 Å². The first-order chi connectivity index (χ1) is 6.15. The quantitative estimate of drug-likeness (QED) is 0.737. The second kappa shape index (κ2) is 6.25. The molecule has 0 aliphatic carbocycles. The summed E-state index contributed by atoms with van der Waals surface area (Å²) in [5.74, 6) is -0.695. The monoisotopic (exact) mass is 250 g/mol. The molecule has 0 rings (SSSR count). The highest BCUT2D eigenvalue weighted by Crippen LogP contribution is 1.96. The molecule has 13 heavy (non-hydrogen) atoms. The fourth-order valence-electron chi connectivity index (χ4n) is 0.591. The van der Waals surface area contributed by atoms with Gasteiger partial charge in [0.25, 0.3) is 0 Å². The minimum Gasteiger partial charge on any atom is -0.467 e. The second-order valence-corrected chi connectivity index (χ2v) is 2.27. The average molecular weight is 251 g/mol. The van der Waals surface area contributed by atoms with Crippen LogP contribution in [0.5, 0.6) is 0 Å². The van der Waals surface area contributed by atoms with Gasteiger partial charge in [0, 0.05) is 0 Å². The van der Waals surface area contributed by atoms with Crippen LogP contribution in [-0.2, 0) is 13.4 Å². The summed E-state index contributed by atoms with van der Waals surface area (Å²) in [5.41, 5.74) is 0. The smallest absolute Gasteiger partial charge is 0.419 e. The van der Waals surface area contributed by atoms with Gasteiger partial charge in [0.05, 0.1) is 19.6 Å². The fourth-order valence-corrected chi connectivity index (χ4v) is 0.685. The number of hydrogen-bond donors (Lipinski definition) is 1. The Hall–Kier alpha value is -1.29. The van der Waals surface area contributed by atoms with Gasteiger partial charge in [-0.3, -0.25) is 0 Å². The number of methoxy groups -OCH3 is 1. The third-order valence-electron chi connectivity index (χ3n) is 1.14. The van der Waals surface area contributed by atoms with Crippen LogP contribution >= 0.6 is 16.3 Å². The fraction of sp³-hybridized carbons (Fsp3) is 0.500. The lowest BCUT2D eigenvalue weighted by Crippen LogP contribution is -2.40. The van der Waals surface area contributed by atoms with Crippen molar-refractivity contribution in [2.45, 2.75) is 12.5 Å². The van der Waals surface area contributed by atoms with Gasteiger partial charge in [-0.25, -0.2) is 9.59 Å². The van der Waals surface area contributed by atoms with E-state index >= 15 is 0 Å². The third kappa shape index (κ3) is 4.32. The molecule has 0 aliphatic rings. The van der Waals surface area contributed by atoms with Crippen molar-refractivity contribution in [3.63, 3.8) is 0 Å². The molecular formula is C6H7BrN2O4. The maximum Gasteiger partial charge on any atom is 0.419 e. The summed E-state index contributed by atoms with van der Waals surface area (Å²) in [6, 6.07) is 0.726. The Bertz CT molecular complexity index is 237. The number of nitriles is 1. The van der Waals surface area contributed by atoms with E-state index < -0.39 is 18.1 Å². The molecule has 0 saturated carbocycles. The highest BCUT2D eigenvalue weighted by atomic mass is 79.9. The SMILES string of the molecule is COC(=O)[C@@H](CC#N)NC(=O)OBr. The van der Waals surface area contributed by atoms with Crippen LogP contribution in [0.2, 0.25) is 0 Å². The number of nitrogens with zero attached hydrogens (tertiary/aromatic N) is 1. The number of carbonyl (C=O) groups is 2. The van der Waals surface area contributed by atoms with Crippen molar-refractivity contribution in [2.24, 2.45) is 0 Å². The molecule has 6 nitrogen and oxygen atoms in total. The van der Waals surface area contributed by atoms with Gasteiger partial charge in [0.1, 0.15) is 6.04 Å². The van der Waals surface area contributed by atoms with Crippen LogP contribution in [0.4, 0.5) is 4.79 Å². The lowest BCUT2D eigenvalue weighted by Gasteiger charge is -2.10. The van der Waals surface area contributed by atoms with E-state index in [1.54, 1.807) is 6.07 Å². The summed E-state index contributed by atoms with van der Waals surface area (Å²) >= 11 is 2.42. The summed E-state index contributed by atoms with van der Waals surface area (Å²) in [5, 5.41) is 10.4. The zero-order chi connectivity index (χ0) is 10.3. The number of hydrogen-bond acceptors (Lipinski definition) is 5. The molecular weight excluding hydrogens is 244 g/mol. The third-order valence-corrected chi connectivity index (χ3v) is 1.44. The molecule has 0 aromatic carbocycles. The molecule has 0 fully saturated rings. The lowest BCUT2D eigenvalue weighted by atomic mass is 10.2. The number of esters is 1. The van der Waals surface area contributed by atoms with E-state index in [4.69, 9.17) is 5.26 Å². The van der Waals surface area contributed by atoms with Crippen molar-refractivity contribution in [3.8, 4) is 6.07 Å². The summed E-state index contributed by atoms with van der Waals surface area (Å²) < 4.78 is 8.40. The molecule has 72 valence electrons. The van der Waals surface area contributed by atoms with Gasteiger partial charge >= 0.3 is 12.1 Å². The first-order valence-corrected chi connectivity index (χ1v) is 3.84. The molecule has 1 N–H and O–H groups in total. The number of carbonyl (C=O) groups excluding carboxylic acids is 2. The van der Waals surface area contributed by atoms with Crippen LogP contribution in [0.15, 0.2) is 0 Å². The van der Waals surface area contributed by atoms with Crippen LogP contribution in [0.3, 0.4) is 0 Å². The maximum atomic E-state index is 10.9. The van der Waals surface area contributed by atoms with Gasteiger partial charge in [0.2, 0.25) is 0 Å². The molecule has 1 atom stereocenters. The van der Waals surface area contributed by atoms with Crippen molar-refractivity contribution in [3.05, 3.63) is 0 Å². The molecule has 7 heteroatoms. The number of halogens is 1. The largest absolute Gasteiger partial charge is 0.467 e. The van der Waals surface area contributed by atoms with E-state index in [2.05, 4.69) is 30.1 Å².